The van der Waals surface area contributed by atoms with Crippen LogP contribution in [0.2, 0.25) is 0 Å². The van der Waals surface area contributed by atoms with E-state index in [0.29, 0.717) is 0 Å². The SMILES string of the molecule is C/C=N/I. The number of hydrogen-bond donors (Lipinski definition) is 0. The molecule has 0 bridgehead atoms. The molecule has 0 N–H and O–H groups in total. The Morgan fingerprint density at radius 2 is 2.25 bits per heavy atom. The van der Waals surface area contributed by atoms with E-state index in [9.17, 15) is 0 Å². The van der Waals surface area contributed by atoms with Crippen molar-refractivity contribution in [1.82, 2.24) is 0 Å². The van der Waals surface area contributed by atoms with E-state index in [4.69, 9.17) is 0 Å². The van der Waals surface area contributed by atoms with Crippen molar-refractivity contribution in [2.45, 2.75) is 6.92 Å². The monoisotopic (exact) mass is 169 g/mol. The molecular formula is C2H4IN. The second-order valence-corrected chi connectivity index (χ2v) is 0.913. The highest BCUT2D eigenvalue weighted by Gasteiger charge is 1.36. The molecule has 4 heavy (non-hydrogen) atoms. The van der Waals surface area contributed by atoms with Gasteiger partial charge in [-0.2, -0.15) is 0 Å². The van der Waals surface area contributed by atoms with E-state index in [1.807, 2.05) is 29.8 Å². The Kier molecular flexibility index (Phi) is 3.74. The first-order chi connectivity index (χ1) is 1.91. The molecule has 0 saturated heterocycles. The summed E-state index contributed by atoms with van der Waals surface area (Å²) in [5.41, 5.74) is 0. The summed E-state index contributed by atoms with van der Waals surface area (Å²) in [7, 11) is 0. The molecule has 0 aromatic heterocycles. The summed E-state index contributed by atoms with van der Waals surface area (Å²) in [6.07, 6.45) is 1.74. The van der Waals surface area contributed by atoms with Crippen LogP contribution < -0.4 is 0 Å². The van der Waals surface area contributed by atoms with Gasteiger partial charge in [0, 0.05) is 6.21 Å². The summed E-state index contributed by atoms with van der Waals surface area (Å²) in [4.78, 5) is 0. The van der Waals surface area contributed by atoms with Gasteiger partial charge in [0.15, 0.2) is 0 Å². The molecule has 1 nitrogen and oxygen atoms in total. The molecule has 0 aromatic carbocycles. The lowest BCUT2D eigenvalue weighted by Crippen LogP contribution is -1.38. The second-order valence-electron chi connectivity index (χ2n) is 0.356. The van der Waals surface area contributed by atoms with E-state index in [0.717, 1.165) is 0 Å². The first kappa shape index (κ1) is 4.40. The maximum Gasteiger partial charge on any atom is 0.0827 e. The molecule has 0 saturated carbocycles. The van der Waals surface area contributed by atoms with Crippen LogP contribution in [0.1, 0.15) is 6.92 Å². The third kappa shape index (κ3) is 2.40. The fraction of sp³-hybridized carbons (Fsp3) is 0.500. The topological polar surface area (TPSA) is 12.4 Å². The van der Waals surface area contributed by atoms with E-state index in [1.165, 1.54) is 0 Å². The molecule has 0 spiro atoms. The Hall–Kier alpha value is 0.400. The quantitative estimate of drug-likeness (QED) is 0.384. The predicted molar refractivity (Wildman–Crippen MR) is 28.2 cm³/mol. The number of hydrogen-bond acceptors (Lipinski definition) is 1. The fourth-order valence-corrected chi connectivity index (χ4v) is 0. The maximum absolute atomic E-state index is 3.58. The van der Waals surface area contributed by atoms with Gasteiger partial charge in [-0.25, -0.2) is 3.21 Å². The smallest absolute Gasteiger partial charge is 0.0827 e. The van der Waals surface area contributed by atoms with Crippen LogP contribution in [-0.4, -0.2) is 6.21 Å². The van der Waals surface area contributed by atoms with Gasteiger partial charge >= 0.3 is 0 Å². The minimum Gasteiger partial charge on any atom is -0.228 e. The van der Waals surface area contributed by atoms with Gasteiger partial charge in [0.05, 0.1) is 22.9 Å². The molecule has 0 aromatic rings. The molecule has 2 heteroatoms. The first-order valence-corrected chi connectivity index (χ1v) is 1.97. The lowest BCUT2D eigenvalue weighted by Gasteiger charge is -1.48. The van der Waals surface area contributed by atoms with Crippen LogP contribution in [0.15, 0.2) is 3.21 Å². The average molecular weight is 169 g/mol. The molecular weight excluding hydrogens is 165 g/mol. The van der Waals surface area contributed by atoms with Crippen molar-refractivity contribution in [1.29, 1.82) is 0 Å². The zero-order chi connectivity index (χ0) is 3.41. The van der Waals surface area contributed by atoms with Crippen molar-refractivity contribution >= 4 is 29.1 Å². The van der Waals surface area contributed by atoms with Crippen molar-refractivity contribution in [3.8, 4) is 0 Å². The fourth-order valence-electron chi connectivity index (χ4n) is 0. The van der Waals surface area contributed by atoms with Crippen molar-refractivity contribution in [2.75, 3.05) is 0 Å². The van der Waals surface area contributed by atoms with Crippen LogP contribution in [0.25, 0.3) is 0 Å². The van der Waals surface area contributed by atoms with Crippen LogP contribution in [0.4, 0.5) is 0 Å². The maximum atomic E-state index is 3.58. The molecule has 0 aliphatic heterocycles. The number of nitrogens with zero attached hydrogens (tertiary/aromatic N) is 1. The zero-order valence-electron chi connectivity index (χ0n) is 2.40. The van der Waals surface area contributed by atoms with Gasteiger partial charge in [-0.15, -0.1) is 0 Å². The predicted octanol–water partition coefficient (Wildman–Crippen LogP) is 1.43. The summed E-state index contributed by atoms with van der Waals surface area (Å²) in [6, 6.07) is 0. The summed E-state index contributed by atoms with van der Waals surface area (Å²) < 4.78 is 3.58. The van der Waals surface area contributed by atoms with E-state index >= 15 is 0 Å². The van der Waals surface area contributed by atoms with E-state index < -0.39 is 0 Å². The normalized spacial score (nSPS) is 9.50. The highest BCUT2D eigenvalue weighted by atomic mass is 127. The Balaban J connectivity index is 2.55. The Morgan fingerprint density at radius 1 is 2.00 bits per heavy atom. The highest BCUT2D eigenvalue weighted by molar-refractivity contribution is 14.1. The molecule has 24 valence electrons. The molecule has 0 fully saturated rings. The molecule has 0 aliphatic rings. The van der Waals surface area contributed by atoms with Crippen molar-refractivity contribution in [3.63, 3.8) is 0 Å². The third-order valence-electron chi connectivity index (χ3n) is 0.0976. The Bertz CT molecular complexity index is 21.2. The van der Waals surface area contributed by atoms with E-state index in [1.54, 1.807) is 6.21 Å². The molecule has 0 amide bonds. The van der Waals surface area contributed by atoms with Crippen LogP contribution in [0.3, 0.4) is 0 Å². The minimum atomic E-state index is 1.74. The Morgan fingerprint density at radius 3 is 2.25 bits per heavy atom. The van der Waals surface area contributed by atoms with Crippen LogP contribution in [-0.2, 0) is 0 Å². The minimum absolute atomic E-state index is 1.74. The standard InChI is InChI=1S/C2H4IN/c1-2-4-3/h2H,1H3/b4-2+. The number of halogens is 1. The Labute approximate surface area is 39.6 Å². The van der Waals surface area contributed by atoms with Crippen LogP contribution in [0, 0.1) is 0 Å². The summed E-state index contributed by atoms with van der Waals surface area (Å²) in [6.45, 7) is 1.88. The third-order valence-corrected chi connectivity index (χ3v) is 0.655. The molecule has 0 aliphatic carbocycles. The first-order valence-electron chi connectivity index (χ1n) is 1.00. The van der Waals surface area contributed by atoms with E-state index in [-0.39, 0.29) is 0 Å². The lowest BCUT2D eigenvalue weighted by molar-refractivity contribution is 1.95. The van der Waals surface area contributed by atoms with Gasteiger partial charge < -0.3 is 0 Å². The summed E-state index contributed by atoms with van der Waals surface area (Å²) in [5.74, 6) is 0. The number of rotatable bonds is 0. The van der Waals surface area contributed by atoms with E-state index in [2.05, 4.69) is 3.21 Å². The van der Waals surface area contributed by atoms with Crippen molar-refractivity contribution in [2.24, 2.45) is 3.21 Å². The van der Waals surface area contributed by atoms with Gasteiger partial charge in [0.1, 0.15) is 0 Å². The van der Waals surface area contributed by atoms with Gasteiger partial charge in [-0.1, -0.05) is 0 Å². The molecule has 0 unspecified atom stereocenters. The van der Waals surface area contributed by atoms with Gasteiger partial charge in [-0.05, 0) is 6.92 Å². The van der Waals surface area contributed by atoms with Crippen molar-refractivity contribution < 1.29 is 0 Å². The average Bonchev–Trinajstić information content (AvgIpc) is 1.37. The molecule has 0 rings (SSSR count). The summed E-state index contributed by atoms with van der Waals surface area (Å²) in [5, 5.41) is 0. The highest BCUT2D eigenvalue weighted by Crippen LogP contribution is 1.73. The lowest BCUT2D eigenvalue weighted by atomic mass is 10.9. The molecule has 0 heterocycles. The zero-order valence-corrected chi connectivity index (χ0v) is 4.56. The largest absolute Gasteiger partial charge is 0.228 e. The van der Waals surface area contributed by atoms with Crippen LogP contribution >= 0.6 is 22.9 Å². The van der Waals surface area contributed by atoms with Gasteiger partial charge in [0.2, 0.25) is 0 Å². The summed E-state index contributed by atoms with van der Waals surface area (Å²) >= 11 is 1.92. The second kappa shape index (κ2) is 3.40. The molecule has 0 radical (unpaired) electrons. The van der Waals surface area contributed by atoms with Crippen LogP contribution in [0.5, 0.6) is 0 Å². The van der Waals surface area contributed by atoms with Gasteiger partial charge in [0.25, 0.3) is 0 Å². The molecule has 0 atom stereocenters. The van der Waals surface area contributed by atoms with Crippen molar-refractivity contribution in [3.05, 3.63) is 0 Å². The van der Waals surface area contributed by atoms with Gasteiger partial charge in [-0.3, -0.25) is 0 Å².